The van der Waals surface area contributed by atoms with Crippen molar-refractivity contribution >= 4 is 52.4 Å². The molecule has 0 unspecified atom stereocenters. The fourth-order valence-corrected chi connectivity index (χ4v) is 4.38. The Morgan fingerprint density at radius 2 is 1.70 bits per heavy atom. The van der Waals surface area contributed by atoms with Gasteiger partial charge in [0.15, 0.2) is 0 Å². The molecule has 0 saturated carbocycles. The van der Waals surface area contributed by atoms with Gasteiger partial charge < -0.3 is 15.0 Å². The zero-order chi connectivity index (χ0) is 26.4. The lowest BCUT2D eigenvalue weighted by atomic mass is 10.1. The van der Waals surface area contributed by atoms with Crippen LogP contribution in [-0.4, -0.2) is 41.9 Å². The quantitative estimate of drug-likeness (QED) is 0.311. The van der Waals surface area contributed by atoms with Crippen LogP contribution in [0, 0.1) is 0 Å². The SMILES string of the molecule is CCCOc1ccc(NC(=O)C[C@@H]2C(=O)N(c3ccc(Cl)c(Cl)c3)C(=O)N2CCc2ccccc2)cc1. The molecule has 1 aliphatic rings. The summed E-state index contributed by atoms with van der Waals surface area (Å²) in [4.78, 5) is 42.3. The number of benzene rings is 3. The maximum Gasteiger partial charge on any atom is 0.332 e. The van der Waals surface area contributed by atoms with Crippen LogP contribution in [0.3, 0.4) is 0 Å². The summed E-state index contributed by atoms with van der Waals surface area (Å²) in [5, 5.41) is 3.35. The van der Waals surface area contributed by atoms with Crippen LogP contribution in [0.5, 0.6) is 5.75 Å². The Kier molecular flexibility index (Phi) is 8.69. The van der Waals surface area contributed by atoms with Crippen molar-refractivity contribution in [2.75, 3.05) is 23.4 Å². The summed E-state index contributed by atoms with van der Waals surface area (Å²) in [6.07, 6.45) is 1.24. The highest BCUT2D eigenvalue weighted by molar-refractivity contribution is 6.42. The predicted molar refractivity (Wildman–Crippen MR) is 145 cm³/mol. The molecule has 4 amide bonds. The van der Waals surface area contributed by atoms with Gasteiger partial charge in [-0.3, -0.25) is 9.59 Å². The van der Waals surface area contributed by atoms with Gasteiger partial charge in [-0.15, -0.1) is 0 Å². The van der Waals surface area contributed by atoms with E-state index in [1.165, 1.54) is 17.0 Å². The first kappa shape index (κ1) is 26.5. The Balaban J connectivity index is 1.52. The van der Waals surface area contributed by atoms with E-state index in [9.17, 15) is 14.4 Å². The molecule has 1 saturated heterocycles. The molecule has 9 heteroatoms. The number of amides is 4. The van der Waals surface area contributed by atoms with Crippen molar-refractivity contribution in [2.24, 2.45) is 0 Å². The maximum atomic E-state index is 13.5. The van der Waals surface area contributed by atoms with E-state index in [-0.39, 0.29) is 23.9 Å². The van der Waals surface area contributed by atoms with Crippen molar-refractivity contribution in [3.05, 3.63) is 88.4 Å². The molecule has 0 radical (unpaired) electrons. The minimum atomic E-state index is -0.960. The lowest BCUT2D eigenvalue weighted by Crippen LogP contribution is -2.39. The van der Waals surface area contributed by atoms with Crippen LogP contribution in [0.15, 0.2) is 72.8 Å². The molecule has 37 heavy (non-hydrogen) atoms. The summed E-state index contributed by atoms with van der Waals surface area (Å²) in [6.45, 7) is 2.90. The molecule has 3 aromatic rings. The van der Waals surface area contributed by atoms with E-state index >= 15 is 0 Å². The molecule has 0 aliphatic carbocycles. The highest BCUT2D eigenvalue weighted by Gasteiger charge is 2.46. The maximum absolute atomic E-state index is 13.5. The zero-order valence-corrected chi connectivity index (χ0v) is 21.8. The van der Waals surface area contributed by atoms with Crippen molar-refractivity contribution in [1.29, 1.82) is 0 Å². The van der Waals surface area contributed by atoms with Crippen molar-refractivity contribution < 1.29 is 19.1 Å². The fraction of sp³-hybridized carbons (Fsp3) is 0.250. The summed E-state index contributed by atoms with van der Waals surface area (Å²) in [7, 11) is 0. The van der Waals surface area contributed by atoms with Crippen LogP contribution >= 0.6 is 23.2 Å². The number of urea groups is 1. The second-order valence-electron chi connectivity index (χ2n) is 8.62. The monoisotopic (exact) mass is 539 g/mol. The molecule has 1 N–H and O–H groups in total. The van der Waals surface area contributed by atoms with Gasteiger partial charge in [0.1, 0.15) is 11.8 Å². The van der Waals surface area contributed by atoms with E-state index in [1.54, 1.807) is 30.3 Å². The van der Waals surface area contributed by atoms with E-state index < -0.39 is 18.0 Å². The number of anilines is 2. The van der Waals surface area contributed by atoms with Crippen LogP contribution in [0.1, 0.15) is 25.3 Å². The fourth-order valence-electron chi connectivity index (χ4n) is 4.09. The van der Waals surface area contributed by atoms with E-state index in [2.05, 4.69) is 5.32 Å². The summed E-state index contributed by atoms with van der Waals surface area (Å²) >= 11 is 12.2. The van der Waals surface area contributed by atoms with Crippen molar-refractivity contribution in [3.63, 3.8) is 0 Å². The third-order valence-corrected chi connectivity index (χ3v) is 6.69. The van der Waals surface area contributed by atoms with Gasteiger partial charge >= 0.3 is 6.03 Å². The summed E-state index contributed by atoms with van der Waals surface area (Å²) in [5.41, 5.74) is 1.90. The van der Waals surface area contributed by atoms with Crippen molar-refractivity contribution in [2.45, 2.75) is 32.2 Å². The van der Waals surface area contributed by atoms with Crippen LogP contribution < -0.4 is 15.0 Å². The minimum Gasteiger partial charge on any atom is -0.494 e. The van der Waals surface area contributed by atoms with Gasteiger partial charge in [0.2, 0.25) is 5.91 Å². The molecular weight excluding hydrogens is 513 g/mol. The third-order valence-electron chi connectivity index (χ3n) is 5.95. The van der Waals surface area contributed by atoms with Gasteiger partial charge in [-0.2, -0.15) is 0 Å². The number of nitrogens with zero attached hydrogens (tertiary/aromatic N) is 2. The topological polar surface area (TPSA) is 79.0 Å². The molecule has 4 rings (SSSR count). The van der Waals surface area contributed by atoms with Gasteiger partial charge in [-0.25, -0.2) is 9.69 Å². The molecule has 0 spiro atoms. The average Bonchev–Trinajstić information content (AvgIpc) is 3.13. The van der Waals surface area contributed by atoms with Crippen LogP contribution in [0.25, 0.3) is 0 Å². The summed E-state index contributed by atoms with van der Waals surface area (Å²) < 4.78 is 5.57. The Morgan fingerprint density at radius 3 is 2.38 bits per heavy atom. The number of hydrogen-bond donors (Lipinski definition) is 1. The number of carbonyl (C=O) groups is 3. The van der Waals surface area contributed by atoms with Gasteiger partial charge in [0, 0.05) is 12.2 Å². The van der Waals surface area contributed by atoms with Gasteiger partial charge in [0.25, 0.3) is 5.91 Å². The zero-order valence-electron chi connectivity index (χ0n) is 20.3. The Hall–Kier alpha value is -3.55. The smallest absolute Gasteiger partial charge is 0.332 e. The lowest BCUT2D eigenvalue weighted by Gasteiger charge is -2.21. The first-order valence-electron chi connectivity index (χ1n) is 12.0. The number of carbonyl (C=O) groups excluding carboxylic acids is 3. The number of rotatable bonds is 10. The number of halogens is 2. The predicted octanol–water partition coefficient (Wildman–Crippen LogP) is 6.19. The van der Waals surface area contributed by atoms with Crippen LogP contribution in [0.2, 0.25) is 10.0 Å². The van der Waals surface area contributed by atoms with Gasteiger partial charge in [0.05, 0.1) is 28.8 Å². The molecule has 1 atom stereocenters. The average molecular weight is 540 g/mol. The first-order valence-corrected chi connectivity index (χ1v) is 12.8. The van der Waals surface area contributed by atoms with E-state index in [1.807, 2.05) is 37.3 Å². The second-order valence-corrected chi connectivity index (χ2v) is 9.44. The molecule has 0 aromatic heterocycles. The molecule has 1 aliphatic heterocycles. The van der Waals surface area contributed by atoms with Crippen molar-refractivity contribution in [3.8, 4) is 5.75 Å². The van der Waals surface area contributed by atoms with E-state index in [4.69, 9.17) is 27.9 Å². The molecule has 1 fully saturated rings. The first-order chi connectivity index (χ1) is 17.9. The minimum absolute atomic E-state index is 0.189. The molecule has 7 nitrogen and oxygen atoms in total. The Morgan fingerprint density at radius 1 is 0.973 bits per heavy atom. The van der Waals surface area contributed by atoms with E-state index in [0.717, 1.165) is 16.9 Å². The summed E-state index contributed by atoms with van der Waals surface area (Å²) in [5.74, 6) is -0.162. The molecule has 3 aromatic carbocycles. The highest BCUT2D eigenvalue weighted by Crippen LogP contribution is 2.32. The number of nitrogens with one attached hydrogen (secondary N) is 1. The molecule has 192 valence electrons. The Labute approximate surface area is 225 Å². The lowest BCUT2D eigenvalue weighted by molar-refractivity contribution is -0.124. The third kappa shape index (κ3) is 6.42. The summed E-state index contributed by atoms with van der Waals surface area (Å²) in [6, 6.07) is 19.8. The Bertz CT molecular complexity index is 1270. The van der Waals surface area contributed by atoms with E-state index in [0.29, 0.717) is 35.2 Å². The number of ether oxygens (including phenoxy) is 1. The van der Waals surface area contributed by atoms with Crippen LogP contribution in [-0.2, 0) is 16.0 Å². The molecular formula is C28H27Cl2N3O4. The second kappa shape index (κ2) is 12.1. The van der Waals surface area contributed by atoms with Crippen molar-refractivity contribution in [1.82, 2.24) is 4.90 Å². The normalized spacial score (nSPS) is 15.3. The molecule has 0 bridgehead atoms. The van der Waals surface area contributed by atoms with Crippen LogP contribution in [0.4, 0.5) is 16.2 Å². The highest BCUT2D eigenvalue weighted by atomic mass is 35.5. The standard InChI is InChI=1S/C28H27Cl2N3O4/c1-2-16-37-22-11-8-20(9-12-22)31-26(34)18-25-27(35)33(21-10-13-23(29)24(30)17-21)28(36)32(25)15-14-19-6-4-3-5-7-19/h3-13,17,25H,2,14-16,18H2,1H3,(H,31,34)/t25-/m1/s1. The van der Waals surface area contributed by atoms with Gasteiger partial charge in [-0.1, -0.05) is 60.5 Å². The number of imide groups is 1. The largest absolute Gasteiger partial charge is 0.494 e. The number of hydrogen-bond acceptors (Lipinski definition) is 4. The molecule has 1 heterocycles. The van der Waals surface area contributed by atoms with Gasteiger partial charge in [-0.05, 0) is 60.9 Å².